The Morgan fingerprint density at radius 1 is 1.53 bits per heavy atom. The van der Waals surface area contributed by atoms with Crippen molar-refractivity contribution in [1.82, 2.24) is 5.01 Å². The van der Waals surface area contributed by atoms with E-state index in [2.05, 4.69) is 5.10 Å². The molecule has 6 heteroatoms. The Bertz CT molecular complexity index is 394. The van der Waals surface area contributed by atoms with Crippen LogP contribution in [0.3, 0.4) is 0 Å². The summed E-state index contributed by atoms with van der Waals surface area (Å²) in [5, 5.41) is 14.5. The Kier molecular flexibility index (Phi) is 4.52. The zero-order chi connectivity index (χ0) is 13.8. The number of carbonyl (C=O) groups excluding carboxylic acids is 2. The van der Waals surface area contributed by atoms with E-state index in [1.165, 1.54) is 5.01 Å². The van der Waals surface area contributed by atoms with Gasteiger partial charge in [0.2, 0.25) is 0 Å². The second kappa shape index (κ2) is 6.14. The van der Waals surface area contributed by atoms with Gasteiger partial charge in [0.15, 0.2) is 0 Å². The molecule has 6 nitrogen and oxygen atoms in total. The Hall–Kier alpha value is -1.43. The van der Waals surface area contributed by atoms with Gasteiger partial charge in [-0.15, -0.1) is 0 Å². The van der Waals surface area contributed by atoms with E-state index in [0.717, 1.165) is 31.4 Å². The van der Waals surface area contributed by atoms with Gasteiger partial charge in [0.25, 0.3) is 5.91 Å². The first-order chi connectivity index (χ1) is 9.19. The molecule has 0 aromatic carbocycles. The van der Waals surface area contributed by atoms with Crippen LogP contribution in [0, 0.1) is 11.8 Å². The number of hydrogen-bond donors (Lipinski definition) is 1. The maximum absolute atomic E-state index is 12.3. The molecule has 0 spiro atoms. The number of esters is 1. The second-order valence-corrected chi connectivity index (χ2v) is 4.86. The Labute approximate surface area is 112 Å². The molecule has 1 fully saturated rings. The molecule has 0 aromatic rings. The normalized spacial score (nSPS) is 26.7. The molecule has 106 valence electrons. The summed E-state index contributed by atoms with van der Waals surface area (Å²) >= 11 is 0. The van der Waals surface area contributed by atoms with Gasteiger partial charge < -0.3 is 9.84 Å². The van der Waals surface area contributed by atoms with Crippen LogP contribution in [-0.4, -0.2) is 47.5 Å². The summed E-state index contributed by atoms with van der Waals surface area (Å²) in [6, 6.07) is 0. The average molecular weight is 268 g/mol. The number of rotatable bonds is 4. The molecule has 1 saturated carbocycles. The second-order valence-electron chi connectivity index (χ2n) is 4.86. The number of carbonyl (C=O) groups is 2. The molecule has 2 atom stereocenters. The predicted molar refractivity (Wildman–Crippen MR) is 68.3 cm³/mol. The number of amides is 1. The largest absolute Gasteiger partial charge is 0.465 e. The number of ether oxygens (including phenoxy) is 1. The fourth-order valence-corrected chi connectivity index (χ4v) is 2.79. The van der Waals surface area contributed by atoms with Crippen LogP contribution >= 0.6 is 0 Å². The first-order valence-electron chi connectivity index (χ1n) is 6.85. The minimum Gasteiger partial charge on any atom is -0.465 e. The number of β-amino-alcohol motifs (C(OH)–C–C–N with tert-alkyl or cyclic N) is 1. The molecule has 0 radical (unpaired) electrons. The third-order valence-electron chi connectivity index (χ3n) is 3.65. The van der Waals surface area contributed by atoms with Gasteiger partial charge in [-0.25, -0.2) is 5.01 Å². The molecule has 2 unspecified atom stereocenters. The molecular formula is C13H20N2O4. The highest BCUT2D eigenvalue weighted by Crippen LogP contribution is 2.33. The van der Waals surface area contributed by atoms with Crippen LogP contribution in [0.4, 0.5) is 0 Å². The van der Waals surface area contributed by atoms with E-state index in [0.29, 0.717) is 0 Å². The molecular weight excluding hydrogens is 248 g/mol. The molecule has 1 amide bonds. The van der Waals surface area contributed by atoms with Crippen molar-refractivity contribution in [1.29, 1.82) is 0 Å². The summed E-state index contributed by atoms with van der Waals surface area (Å²) in [5.41, 5.74) is 0.900. The number of aliphatic hydroxyl groups is 1. The lowest BCUT2D eigenvalue weighted by Crippen LogP contribution is -2.50. The molecule has 19 heavy (non-hydrogen) atoms. The zero-order valence-electron chi connectivity index (χ0n) is 11.2. The molecule has 0 aromatic heterocycles. The van der Waals surface area contributed by atoms with Crippen LogP contribution in [0.15, 0.2) is 5.10 Å². The maximum Gasteiger partial charge on any atom is 0.319 e. The first kappa shape index (κ1) is 14.0. The number of aliphatic hydroxyl groups excluding tert-OH is 1. The fourth-order valence-electron chi connectivity index (χ4n) is 2.79. The quantitative estimate of drug-likeness (QED) is 0.596. The number of hydrazone groups is 1. The number of hydrogen-bond acceptors (Lipinski definition) is 5. The molecule has 1 heterocycles. The summed E-state index contributed by atoms with van der Waals surface area (Å²) in [6.45, 7) is 1.96. The topological polar surface area (TPSA) is 79.2 Å². The molecule has 2 aliphatic rings. The van der Waals surface area contributed by atoms with Crippen LogP contribution < -0.4 is 0 Å². The highest BCUT2D eigenvalue weighted by Gasteiger charge is 2.45. The van der Waals surface area contributed by atoms with Crippen molar-refractivity contribution in [3.63, 3.8) is 0 Å². The predicted octanol–water partition coefficient (Wildman–Crippen LogP) is 0.546. The van der Waals surface area contributed by atoms with Gasteiger partial charge in [-0.05, 0) is 26.2 Å². The molecule has 1 N–H and O–H groups in total. The van der Waals surface area contributed by atoms with E-state index in [4.69, 9.17) is 9.84 Å². The summed E-state index contributed by atoms with van der Waals surface area (Å²) in [5.74, 6) is -1.70. The molecule has 0 bridgehead atoms. The maximum atomic E-state index is 12.3. The Morgan fingerprint density at radius 2 is 2.32 bits per heavy atom. The number of fused-ring (bicyclic) bond motifs is 1. The summed E-state index contributed by atoms with van der Waals surface area (Å²) < 4.78 is 5.02. The van der Waals surface area contributed by atoms with Gasteiger partial charge >= 0.3 is 5.97 Å². The van der Waals surface area contributed by atoms with Crippen LogP contribution in [0.25, 0.3) is 0 Å². The van der Waals surface area contributed by atoms with Crippen molar-refractivity contribution < 1.29 is 19.4 Å². The smallest absolute Gasteiger partial charge is 0.319 e. The van der Waals surface area contributed by atoms with Gasteiger partial charge in [0.05, 0.1) is 19.8 Å². The molecule has 1 aliphatic carbocycles. The van der Waals surface area contributed by atoms with E-state index in [1.54, 1.807) is 6.92 Å². The van der Waals surface area contributed by atoms with Crippen LogP contribution in [0.2, 0.25) is 0 Å². The highest BCUT2D eigenvalue weighted by atomic mass is 16.5. The minimum atomic E-state index is -0.778. The lowest BCUT2D eigenvalue weighted by molar-refractivity contribution is -0.158. The van der Waals surface area contributed by atoms with Crippen LogP contribution in [0.1, 0.15) is 32.6 Å². The van der Waals surface area contributed by atoms with Crippen molar-refractivity contribution in [2.75, 3.05) is 19.8 Å². The summed E-state index contributed by atoms with van der Waals surface area (Å²) in [6.07, 6.45) is 3.66. The van der Waals surface area contributed by atoms with Gasteiger partial charge in [-0.2, -0.15) is 5.10 Å². The molecule has 2 rings (SSSR count). The third kappa shape index (κ3) is 2.78. The van der Waals surface area contributed by atoms with Crippen molar-refractivity contribution in [2.24, 2.45) is 16.9 Å². The van der Waals surface area contributed by atoms with E-state index in [-0.39, 0.29) is 31.6 Å². The van der Waals surface area contributed by atoms with Gasteiger partial charge in [-0.3, -0.25) is 9.59 Å². The standard InChI is InChI=1S/C13H20N2O4/c1-2-19-13(18)11-9-5-3-4-6-10(9)14-15(7-8-16)12(11)17/h9,11,16H,2-8H2,1H3. The van der Waals surface area contributed by atoms with E-state index in [1.807, 2.05) is 0 Å². The van der Waals surface area contributed by atoms with Crippen LogP contribution in [-0.2, 0) is 14.3 Å². The molecule has 1 aliphatic heterocycles. The van der Waals surface area contributed by atoms with Gasteiger partial charge in [-0.1, -0.05) is 6.42 Å². The summed E-state index contributed by atoms with van der Waals surface area (Å²) in [7, 11) is 0. The van der Waals surface area contributed by atoms with Gasteiger partial charge in [0.1, 0.15) is 5.92 Å². The Morgan fingerprint density at radius 3 is 3.00 bits per heavy atom. The van der Waals surface area contributed by atoms with E-state index in [9.17, 15) is 9.59 Å². The average Bonchev–Trinajstić information content (AvgIpc) is 2.40. The molecule has 0 saturated heterocycles. The number of nitrogens with zero attached hydrogens (tertiary/aromatic N) is 2. The summed E-state index contributed by atoms with van der Waals surface area (Å²) in [4.78, 5) is 24.3. The SMILES string of the molecule is CCOC(=O)C1C(=O)N(CCO)N=C2CCCCC21. The van der Waals surface area contributed by atoms with Gasteiger partial charge in [0, 0.05) is 11.6 Å². The van der Waals surface area contributed by atoms with Crippen molar-refractivity contribution >= 4 is 17.6 Å². The van der Waals surface area contributed by atoms with Crippen LogP contribution in [0.5, 0.6) is 0 Å². The van der Waals surface area contributed by atoms with Crippen molar-refractivity contribution in [2.45, 2.75) is 32.6 Å². The third-order valence-corrected chi connectivity index (χ3v) is 3.65. The van der Waals surface area contributed by atoms with E-state index < -0.39 is 11.9 Å². The first-order valence-corrected chi connectivity index (χ1v) is 6.85. The Balaban J connectivity index is 2.26. The minimum absolute atomic E-state index is 0.116. The highest BCUT2D eigenvalue weighted by molar-refractivity contribution is 6.06. The zero-order valence-corrected chi connectivity index (χ0v) is 11.2. The van der Waals surface area contributed by atoms with E-state index >= 15 is 0 Å². The monoisotopic (exact) mass is 268 g/mol. The van der Waals surface area contributed by atoms with Crippen molar-refractivity contribution in [3.05, 3.63) is 0 Å². The van der Waals surface area contributed by atoms with Crippen molar-refractivity contribution in [3.8, 4) is 0 Å². The lowest BCUT2D eigenvalue weighted by atomic mass is 9.77. The fraction of sp³-hybridized carbons (Fsp3) is 0.769. The lowest BCUT2D eigenvalue weighted by Gasteiger charge is -2.36.